The van der Waals surface area contributed by atoms with Crippen LogP contribution in [0.5, 0.6) is 0 Å². The van der Waals surface area contributed by atoms with Crippen molar-refractivity contribution in [1.82, 2.24) is 9.80 Å². The number of hydrogen-bond donors (Lipinski definition) is 1. The molecule has 0 radical (unpaired) electrons. The van der Waals surface area contributed by atoms with Crippen LogP contribution in [0.15, 0.2) is 0 Å². The second-order valence-corrected chi connectivity index (χ2v) is 5.14. The predicted octanol–water partition coefficient (Wildman–Crippen LogP) is 1.34. The van der Waals surface area contributed by atoms with Gasteiger partial charge in [0.15, 0.2) is 0 Å². The highest BCUT2D eigenvalue weighted by atomic mass is 16.3. The van der Waals surface area contributed by atoms with Crippen molar-refractivity contribution in [3.63, 3.8) is 0 Å². The fraction of sp³-hybridized carbons (Fsp3) is 0.929. The maximum Gasteiger partial charge on any atom is 0.222 e. The molecule has 1 unspecified atom stereocenters. The van der Waals surface area contributed by atoms with Crippen LogP contribution in [0, 0.1) is 5.92 Å². The van der Waals surface area contributed by atoms with Crippen LogP contribution in [-0.2, 0) is 4.79 Å². The Morgan fingerprint density at radius 1 is 1.39 bits per heavy atom. The molecule has 0 spiro atoms. The molecule has 1 saturated heterocycles. The molecule has 1 aliphatic rings. The molecule has 1 atom stereocenters. The van der Waals surface area contributed by atoms with Crippen LogP contribution < -0.4 is 0 Å². The third-order valence-electron chi connectivity index (χ3n) is 3.89. The smallest absolute Gasteiger partial charge is 0.222 e. The molecule has 0 aromatic carbocycles. The summed E-state index contributed by atoms with van der Waals surface area (Å²) >= 11 is 0. The van der Waals surface area contributed by atoms with E-state index in [0.717, 1.165) is 45.6 Å². The Morgan fingerprint density at radius 3 is 2.72 bits per heavy atom. The van der Waals surface area contributed by atoms with Gasteiger partial charge in [0.25, 0.3) is 0 Å². The maximum atomic E-state index is 11.8. The number of aliphatic hydroxyl groups excluding tert-OH is 1. The van der Waals surface area contributed by atoms with Gasteiger partial charge in [0, 0.05) is 32.7 Å². The second kappa shape index (κ2) is 8.48. The summed E-state index contributed by atoms with van der Waals surface area (Å²) < 4.78 is 0. The van der Waals surface area contributed by atoms with E-state index in [-0.39, 0.29) is 5.91 Å². The predicted molar refractivity (Wildman–Crippen MR) is 73.4 cm³/mol. The molecule has 1 N–H and O–H groups in total. The molecule has 1 heterocycles. The van der Waals surface area contributed by atoms with Crippen molar-refractivity contribution in [2.24, 2.45) is 5.92 Å². The number of amides is 1. The highest BCUT2D eigenvalue weighted by molar-refractivity contribution is 5.76. The number of aliphatic hydroxyl groups is 1. The number of carbonyl (C=O) groups excluding carboxylic acids is 1. The van der Waals surface area contributed by atoms with Crippen molar-refractivity contribution in [3.05, 3.63) is 0 Å². The molecule has 1 rings (SSSR count). The third-order valence-corrected chi connectivity index (χ3v) is 3.89. The Balaban J connectivity index is 2.13. The Labute approximate surface area is 111 Å². The molecule has 1 amide bonds. The van der Waals surface area contributed by atoms with E-state index in [9.17, 15) is 4.79 Å². The van der Waals surface area contributed by atoms with Crippen molar-refractivity contribution < 1.29 is 9.90 Å². The average Bonchev–Trinajstić information content (AvgIpc) is 2.79. The van der Waals surface area contributed by atoms with Gasteiger partial charge in [0.05, 0.1) is 0 Å². The van der Waals surface area contributed by atoms with E-state index in [1.807, 2.05) is 18.7 Å². The monoisotopic (exact) mass is 256 g/mol. The SMILES string of the molecule is CCN(CC)C(=O)CCCN1CCC(CCO)C1. The summed E-state index contributed by atoms with van der Waals surface area (Å²) in [5, 5.41) is 8.91. The summed E-state index contributed by atoms with van der Waals surface area (Å²) in [7, 11) is 0. The molecule has 0 saturated carbocycles. The minimum atomic E-state index is 0.283. The van der Waals surface area contributed by atoms with Crippen molar-refractivity contribution in [1.29, 1.82) is 0 Å². The lowest BCUT2D eigenvalue weighted by Gasteiger charge is -2.20. The van der Waals surface area contributed by atoms with E-state index in [0.29, 0.717) is 18.9 Å². The quantitative estimate of drug-likeness (QED) is 0.713. The molecule has 18 heavy (non-hydrogen) atoms. The van der Waals surface area contributed by atoms with Gasteiger partial charge in [-0.15, -0.1) is 0 Å². The molecular weight excluding hydrogens is 228 g/mol. The maximum absolute atomic E-state index is 11.8. The molecule has 1 fully saturated rings. The van der Waals surface area contributed by atoms with Gasteiger partial charge in [-0.3, -0.25) is 4.79 Å². The number of likely N-dealkylation sites (tertiary alicyclic amines) is 1. The number of hydrogen-bond acceptors (Lipinski definition) is 3. The number of rotatable bonds is 8. The van der Waals surface area contributed by atoms with Gasteiger partial charge in [0.1, 0.15) is 0 Å². The summed E-state index contributed by atoms with van der Waals surface area (Å²) in [6, 6.07) is 0. The highest BCUT2D eigenvalue weighted by Gasteiger charge is 2.21. The van der Waals surface area contributed by atoms with E-state index >= 15 is 0 Å². The Bertz CT molecular complexity index is 242. The summed E-state index contributed by atoms with van der Waals surface area (Å²) in [6.07, 6.45) is 3.75. The zero-order valence-corrected chi connectivity index (χ0v) is 11.9. The standard InChI is InChI=1S/C14H28N2O2/c1-3-16(4-2)14(18)6-5-9-15-10-7-13(12-15)8-11-17/h13,17H,3-12H2,1-2H3. The lowest BCUT2D eigenvalue weighted by Crippen LogP contribution is -2.31. The normalized spacial score (nSPS) is 20.3. The zero-order chi connectivity index (χ0) is 13.4. The lowest BCUT2D eigenvalue weighted by molar-refractivity contribution is -0.130. The molecule has 0 aromatic rings. The van der Waals surface area contributed by atoms with Gasteiger partial charge < -0.3 is 14.9 Å². The summed E-state index contributed by atoms with van der Waals surface area (Å²) in [5.41, 5.74) is 0. The Hall–Kier alpha value is -0.610. The van der Waals surface area contributed by atoms with Crippen LogP contribution in [0.25, 0.3) is 0 Å². The van der Waals surface area contributed by atoms with Gasteiger partial charge in [-0.1, -0.05) is 0 Å². The van der Waals surface area contributed by atoms with Gasteiger partial charge >= 0.3 is 0 Å². The molecule has 0 aromatic heterocycles. The summed E-state index contributed by atoms with van der Waals surface area (Å²) in [4.78, 5) is 16.1. The zero-order valence-electron chi connectivity index (χ0n) is 11.9. The van der Waals surface area contributed by atoms with Gasteiger partial charge in [-0.2, -0.15) is 0 Å². The highest BCUT2D eigenvalue weighted by Crippen LogP contribution is 2.19. The van der Waals surface area contributed by atoms with Crippen molar-refractivity contribution >= 4 is 5.91 Å². The van der Waals surface area contributed by atoms with Crippen LogP contribution in [0.2, 0.25) is 0 Å². The number of nitrogens with zero attached hydrogens (tertiary/aromatic N) is 2. The van der Waals surface area contributed by atoms with Crippen LogP contribution in [0.3, 0.4) is 0 Å². The van der Waals surface area contributed by atoms with Gasteiger partial charge in [-0.25, -0.2) is 0 Å². The fourth-order valence-corrected chi connectivity index (χ4v) is 2.72. The first-order valence-electron chi connectivity index (χ1n) is 7.32. The minimum absolute atomic E-state index is 0.283. The largest absolute Gasteiger partial charge is 0.396 e. The van der Waals surface area contributed by atoms with E-state index in [2.05, 4.69) is 4.90 Å². The first-order chi connectivity index (χ1) is 8.71. The van der Waals surface area contributed by atoms with Gasteiger partial charge in [0.2, 0.25) is 5.91 Å². The number of carbonyl (C=O) groups is 1. The second-order valence-electron chi connectivity index (χ2n) is 5.14. The summed E-state index contributed by atoms with van der Waals surface area (Å²) in [5.74, 6) is 0.944. The van der Waals surface area contributed by atoms with Crippen LogP contribution in [0.4, 0.5) is 0 Å². The fourth-order valence-electron chi connectivity index (χ4n) is 2.72. The average molecular weight is 256 g/mol. The van der Waals surface area contributed by atoms with Crippen molar-refractivity contribution in [3.8, 4) is 0 Å². The van der Waals surface area contributed by atoms with Crippen molar-refractivity contribution in [2.45, 2.75) is 39.5 Å². The topological polar surface area (TPSA) is 43.8 Å². The van der Waals surface area contributed by atoms with E-state index in [4.69, 9.17) is 5.11 Å². The first kappa shape index (κ1) is 15.4. The molecule has 4 nitrogen and oxygen atoms in total. The molecule has 106 valence electrons. The molecule has 4 heteroatoms. The Morgan fingerprint density at radius 2 is 2.11 bits per heavy atom. The molecule has 1 aliphatic heterocycles. The van der Waals surface area contributed by atoms with E-state index in [1.165, 1.54) is 6.42 Å². The molecular formula is C14H28N2O2. The minimum Gasteiger partial charge on any atom is -0.396 e. The molecule has 0 bridgehead atoms. The Kier molecular flexibility index (Phi) is 7.28. The summed E-state index contributed by atoms with van der Waals surface area (Å²) in [6.45, 7) is 9.25. The van der Waals surface area contributed by atoms with Crippen LogP contribution >= 0.6 is 0 Å². The van der Waals surface area contributed by atoms with Gasteiger partial charge in [-0.05, 0) is 52.1 Å². The molecule has 0 aliphatic carbocycles. The van der Waals surface area contributed by atoms with E-state index < -0.39 is 0 Å². The third kappa shape index (κ3) is 4.94. The van der Waals surface area contributed by atoms with E-state index in [1.54, 1.807) is 0 Å². The van der Waals surface area contributed by atoms with Crippen molar-refractivity contribution in [2.75, 3.05) is 39.3 Å². The first-order valence-corrected chi connectivity index (χ1v) is 7.32. The lowest BCUT2D eigenvalue weighted by atomic mass is 10.1. The van der Waals surface area contributed by atoms with Crippen LogP contribution in [0.1, 0.15) is 39.5 Å². The van der Waals surface area contributed by atoms with Crippen LogP contribution in [-0.4, -0.2) is 60.1 Å².